The molecular weight excluding hydrogens is 428 g/mol. The summed E-state index contributed by atoms with van der Waals surface area (Å²) in [5.41, 5.74) is 6.57. The first kappa shape index (κ1) is 23.5. The third-order valence-electron chi connectivity index (χ3n) is 6.36. The van der Waals surface area contributed by atoms with Crippen molar-refractivity contribution < 1.29 is 19.1 Å². The third kappa shape index (κ3) is 4.96. The van der Waals surface area contributed by atoms with E-state index in [1.807, 2.05) is 41.3 Å². The quantitative estimate of drug-likeness (QED) is 0.355. The molecule has 1 amide bonds. The minimum Gasteiger partial charge on any atom is -0.493 e. The molecule has 0 radical (unpaired) electrons. The van der Waals surface area contributed by atoms with Crippen LogP contribution in [0.25, 0.3) is 11.1 Å². The molecule has 3 aromatic rings. The van der Waals surface area contributed by atoms with Gasteiger partial charge in [-0.1, -0.05) is 24.3 Å². The first-order valence-electron chi connectivity index (χ1n) is 11.7. The van der Waals surface area contributed by atoms with Gasteiger partial charge in [-0.05, 0) is 85.2 Å². The topological polar surface area (TPSA) is 68.7 Å². The molecule has 2 aromatic carbocycles. The van der Waals surface area contributed by atoms with Crippen LogP contribution in [-0.4, -0.2) is 37.1 Å². The number of fused-ring (bicyclic) bond motifs is 1. The molecule has 0 fully saturated rings. The highest BCUT2D eigenvalue weighted by atomic mass is 16.5. The molecular formula is C28H30N2O4. The summed E-state index contributed by atoms with van der Waals surface area (Å²) in [5.74, 6) is 0.517. The van der Waals surface area contributed by atoms with Crippen LogP contribution in [0.3, 0.4) is 0 Å². The number of rotatable bonds is 7. The number of aryl methyl sites for hydroxylation is 1. The lowest BCUT2D eigenvalue weighted by molar-refractivity contribution is -0.118. The molecule has 0 N–H and O–H groups in total. The van der Waals surface area contributed by atoms with Crippen molar-refractivity contribution in [1.82, 2.24) is 4.98 Å². The van der Waals surface area contributed by atoms with Crippen molar-refractivity contribution in [3.05, 3.63) is 77.1 Å². The molecule has 0 unspecified atom stereocenters. The van der Waals surface area contributed by atoms with E-state index in [1.54, 1.807) is 12.3 Å². The molecule has 0 atom stereocenters. The minimum atomic E-state index is -0.466. The molecule has 1 aliphatic rings. The normalized spacial score (nSPS) is 12.7. The predicted molar refractivity (Wildman–Crippen MR) is 132 cm³/mol. The molecule has 1 aromatic heterocycles. The fraction of sp³-hybridized carbons (Fsp3) is 0.321. The molecule has 1 aliphatic heterocycles. The first-order chi connectivity index (χ1) is 16.5. The van der Waals surface area contributed by atoms with Gasteiger partial charge in [-0.2, -0.15) is 0 Å². The van der Waals surface area contributed by atoms with Crippen LogP contribution < -0.4 is 9.64 Å². The van der Waals surface area contributed by atoms with Gasteiger partial charge in [0.1, 0.15) is 11.4 Å². The van der Waals surface area contributed by atoms with Gasteiger partial charge in [-0.25, -0.2) is 9.78 Å². The standard InChI is InChI=1S/C28H30N2O4/c1-19-8-4-12-26(20(19)2)34-17-7-13-27(31)30-16-6-10-23-22(9-5-11-25(23)30)21-14-15-29-24(18-21)28(32)33-3/h4-5,8-9,11-12,14-15,18H,6-7,10,13,16-17H2,1-3H3. The second-order valence-electron chi connectivity index (χ2n) is 8.52. The van der Waals surface area contributed by atoms with Crippen LogP contribution in [0.4, 0.5) is 5.69 Å². The van der Waals surface area contributed by atoms with Gasteiger partial charge >= 0.3 is 5.97 Å². The molecule has 6 nitrogen and oxygen atoms in total. The van der Waals surface area contributed by atoms with Crippen molar-refractivity contribution in [2.24, 2.45) is 0 Å². The Morgan fingerprint density at radius 1 is 1.09 bits per heavy atom. The lowest BCUT2D eigenvalue weighted by Gasteiger charge is -2.31. The van der Waals surface area contributed by atoms with E-state index in [9.17, 15) is 9.59 Å². The molecule has 0 bridgehead atoms. The number of carbonyl (C=O) groups is 2. The fourth-order valence-corrected chi connectivity index (χ4v) is 4.39. The van der Waals surface area contributed by atoms with Gasteiger partial charge < -0.3 is 14.4 Å². The van der Waals surface area contributed by atoms with E-state index in [0.717, 1.165) is 46.5 Å². The number of hydrogen-bond donors (Lipinski definition) is 0. The van der Waals surface area contributed by atoms with Crippen molar-refractivity contribution in [2.45, 2.75) is 39.5 Å². The molecule has 0 spiro atoms. The van der Waals surface area contributed by atoms with E-state index in [-0.39, 0.29) is 11.6 Å². The van der Waals surface area contributed by atoms with Gasteiger partial charge in [-0.15, -0.1) is 0 Å². The minimum absolute atomic E-state index is 0.104. The Kier molecular flexibility index (Phi) is 7.26. The van der Waals surface area contributed by atoms with Crippen LogP contribution in [0.1, 0.15) is 46.4 Å². The van der Waals surface area contributed by atoms with Gasteiger partial charge in [0.05, 0.1) is 13.7 Å². The van der Waals surface area contributed by atoms with Crippen LogP contribution in [0, 0.1) is 13.8 Å². The summed E-state index contributed by atoms with van der Waals surface area (Å²) in [6.45, 7) is 5.33. The van der Waals surface area contributed by atoms with Crippen molar-refractivity contribution in [1.29, 1.82) is 0 Å². The molecule has 0 aliphatic carbocycles. The SMILES string of the molecule is COC(=O)c1cc(-c2cccc3c2CCCN3C(=O)CCCOc2cccc(C)c2C)ccn1. The number of nitrogens with zero attached hydrogens (tertiary/aromatic N) is 2. The van der Waals surface area contributed by atoms with Crippen molar-refractivity contribution in [2.75, 3.05) is 25.2 Å². The van der Waals surface area contributed by atoms with Crippen LogP contribution >= 0.6 is 0 Å². The maximum Gasteiger partial charge on any atom is 0.356 e. The summed E-state index contributed by atoms with van der Waals surface area (Å²) in [6, 6.07) is 15.6. The maximum absolute atomic E-state index is 13.1. The monoisotopic (exact) mass is 458 g/mol. The van der Waals surface area contributed by atoms with Crippen LogP contribution in [0.5, 0.6) is 5.75 Å². The van der Waals surface area contributed by atoms with E-state index in [0.29, 0.717) is 26.0 Å². The molecule has 4 rings (SSSR count). The Hall–Kier alpha value is -3.67. The number of methoxy groups -OCH3 is 1. The molecule has 2 heterocycles. The second-order valence-corrected chi connectivity index (χ2v) is 8.52. The van der Waals surface area contributed by atoms with Crippen LogP contribution in [-0.2, 0) is 16.0 Å². The third-order valence-corrected chi connectivity index (χ3v) is 6.36. The van der Waals surface area contributed by atoms with Gasteiger partial charge in [0, 0.05) is 24.8 Å². The number of anilines is 1. The molecule has 6 heteroatoms. The molecule has 0 saturated heterocycles. The average molecular weight is 459 g/mol. The maximum atomic E-state index is 13.1. The Balaban J connectivity index is 1.46. The van der Waals surface area contributed by atoms with E-state index in [4.69, 9.17) is 9.47 Å². The van der Waals surface area contributed by atoms with Gasteiger partial charge in [-0.3, -0.25) is 4.79 Å². The highest BCUT2D eigenvalue weighted by Crippen LogP contribution is 2.36. The van der Waals surface area contributed by atoms with E-state index >= 15 is 0 Å². The second kappa shape index (κ2) is 10.5. The van der Waals surface area contributed by atoms with Crippen molar-refractivity contribution >= 4 is 17.6 Å². The van der Waals surface area contributed by atoms with Gasteiger partial charge in [0.25, 0.3) is 0 Å². The molecule has 0 saturated carbocycles. The van der Waals surface area contributed by atoms with Gasteiger partial charge in [0.15, 0.2) is 0 Å². The van der Waals surface area contributed by atoms with E-state index < -0.39 is 5.97 Å². The number of amides is 1. The Bertz CT molecular complexity index is 1200. The van der Waals surface area contributed by atoms with Gasteiger partial charge in [0.2, 0.25) is 5.91 Å². The highest BCUT2D eigenvalue weighted by Gasteiger charge is 2.24. The lowest BCUT2D eigenvalue weighted by atomic mass is 9.92. The van der Waals surface area contributed by atoms with Crippen LogP contribution in [0.2, 0.25) is 0 Å². The number of carbonyl (C=O) groups excluding carboxylic acids is 2. The Morgan fingerprint density at radius 3 is 2.74 bits per heavy atom. The number of benzene rings is 2. The molecule has 176 valence electrons. The Labute approximate surface area is 200 Å². The van der Waals surface area contributed by atoms with E-state index in [2.05, 4.69) is 24.9 Å². The lowest BCUT2D eigenvalue weighted by Crippen LogP contribution is -2.35. The largest absolute Gasteiger partial charge is 0.493 e. The number of pyridine rings is 1. The highest BCUT2D eigenvalue weighted by molar-refractivity contribution is 5.96. The number of hydrogen-bond acceptors (Lipinski definition) is 5. The fourth-order valence-electron chi connectivity index (χ4n) is 4.39. The Morgan fingerprint density at radius 2 is 1.91 bits per heavy atom. The summed E-state index contributed by atoms with van der Waals surface area (Å²) in [6.07, 6.45) is 4.47. The van der Waals surface area contributed by atoms with Crippen LogP contribution in [0.15, 0.2) is 54.7 Å². The predicted octanol–water partition coefficient (Wildman–Crippen LogP) is 5.29. The summed E-state index contributed by atoms with van der Waals surface area (Å²) >= 11 is 0. The molecule has 34 heavy (non-hydrogen) atoms. The van der Waals surface area contributed by atoms with Crippen molar-refractivity contribution in [3.8, 4) is 16.9 Å². The summed E-state index contributed by atoms with van der Waals surface area (Å²) in [5, 5.41) is 0. The summed E-state index contributed by atoms with van der Waals surface area (Å²) in [4.78, 5) is 31.1. The van der Waals surface area contributed by atoms with E-state index in [1.165, 1.54) is 12.7 Å². The zero-order chi connectivity index (χ0) is 24.1. The summed E-state index contributed by atoms with van der Waals surface area (Å²) in [7, 11) is 1.34. The number of ether oxygens (including phenoxy) is 2. The van der Waals surface area contributed by atoms with Crippen molar-refractivity contribution in [3.63, 3.8) is 0 Å². The average Bonchev–Trinajstić information content (AvgIpc) is 2.87. The zero-order valence-corrected chi connectivity index (χ0v) is 20.0. The first-order valence-corrected chi connectivity index (χ1v) is 11.7. The summed E-state index contributed by atoms with van der Waals surface area (Å²) < 4.78 is 10.7. The number of aromatic nitrogens is 1. The smallest absolute Gasteiger partial charge is 0.356 e. The zero-order valence-electron chi connectivity index (χ0n) is 20.0. The number of esters is 1.